The Kier molecular flexibility index (Phi) is 4.55. The van der Waals surface area contributed by atoms with Crippen LogP contribution in [-0.2, 0) is 0 Å². The van der Waals surface area contributed by atoms with Crippen LogP contribution in [0.2, 0.25) is 0 Å². The highest BCUT2D eigenvalue weighted by Gasteiger charge is 2.35. The fraction of sp³-hybridized carbons (Fsp3) is 0.389. The second kappa shape index (κ2) is 6.77. The molecule has 0 aliphatic carbocycles. The second-order valence-electron chi connectivity index (χ2n) is 5.94. The zero-order chi connectivity index (χ0) is 16.2. The molecule has 120 valence electrons. The molecule has 0 unspecified atom stereocenters. The van der Waals surface area contributed by atoms with Gasteiger partial charge < -0.3 is 4.90 Å². The third kappa shape index (κ3) is 3.18. The number of nitrogens with zero attached hydrogens (tertiary/aromatic N) is 2. The number of nitrogens with one attached hydrogen (secondary N) is 1. The van der Waals surface area contributed by atoms with E-state index in [1.54, 1.807) is 0 Å². The standard InChI is InChI=1S/C18H21N3O2/c1-2-14(13-7-4-3-5-8-13)16-9-6-12-21(16)18(23)15-10-11-17(22)20-19-15/h3-5,7-8,10-11,14,16H,2,6,9,12H2,1H3,(H,20,22)/t14-,16-/m0/s1. The van der Waals surface area contributed by atoms with Crippen LogP contribution in [0.1, 0.15) is 48.2 Å². The van der Waals surface area contributed by atoms with Gasteiger partial charge in [-0.15, -0.1) is 0 Å². The van der Waals surface area contributed by atoms with Gasteiger partial charge in [-0.3, -0.25) is 9.59 Å². The number of aromatic nitrogens is 2. The Balaban J connectivity index is 1.85. The van der Waals surface area contributed by atoms with Gasteiger partial charge in [0.25, 0.3) is 11.5 Å². The predicted octanol–water partition coefficient (Wildman–Crippen LogP) is 2.57. The van der Waals surface area contributed by atoms with Gasteiger partial charge in [0.1, 0.15) is 5.69 Å². The number of aromatic amines is 1. The van der Waals surface area contributed by atoms with Crippen LogP contribution in [0.5, 0.6) is 0 Å². The molecule has 1 aliphatic rings. The van der Waals surface area contributed by atoms with Gasteiger partial charge in [-0.1, -0.05) is 37.3 Å². The lowest BCUT2D eigenvalue weighted by Gasteiger charge is -2.31. The molecule has 23 heavy (non-hydrogen) atoms. The van der Waals surface area contributed by atoms with Gasteiger partial charge in [0.2, 0.25) is 0 Å². The van der Waals surface area contributed by atoms with E-state index in [0.29, 0.717) is 11.6 Å². The summed E-state index contributed by atoms with van der Waals surface area (Å²) in [6, 6.07) is 13.4. The fourth-order valence-electron chi connectivity index (χ4n) is 3.50. The van der Waals surface area contributed by atoms with Crippen molar-refractivity contribution in [2.24, 2.45) is 0 Å². The molecular formula is C18H21N3O2. The van der Waals surface area contributed by atoms with E-state index in [1.165, 1.54) is 17.7 Å². The Bertz CT molecular complexity index is 706. The molecule has 1 saturated heterocycles. The smallest absolute Gasteiger partial charge is 0.274 e. The lowest BCUT2D eigenvalue weighted by atomic mass is 9.87. The first-order valence-electron chi connectivity index (χ1n) is 8.12. The van der Waals surface area contributed by atoms with Crippen molar-refractivity contribution in [2.45, 2.75) is 38.1 Å². The lowest BCUT2D eigenvalue weighted by Crippen LogP contribution is -2.39. The molecule has 0 spiro atoms. The average Bonchev–Trinajstić information content (AvgIpc) is 3.06. The number of rotatable bonds is 4. The summed E-state index contributed by atoms with van der Waals surface area (Å²) in [5.74, 6) is 0.226. The molecule has 3 rings (SSSR count). The van der Waals surface area contributed by atoms with E-state index in [-0.39, 0.29) is 17.5 Å². The second-order valence-corrected chi connectivity index (χ2v) is 5.94. The van der Waals surface area contributed by atoms with Crippen LogP contribution in [0.3, 0.4) is 0 Å². The normalized spacial score (nSPS) is 18.8. The van der Waals surface area contributed by atoms with Crippen molar-refractivity contribution in [1.82, 2.24) is 15.1 Å². The summed E-state index contributed by atoms with van der Waals surface area (Å²) in [4.78, 5) is 25.8. The van der Waals surface area contributed by atoms with Gasteiger partial charge in [0.15, 0.2) is 0 Å². The Morgan fingerprint density at radius 3 is 2.74 bits per heavy atom. The van der Waals surface area contributed by atoms with E-state index in [1.807, 2.05) is 23.1 Å². The van der Waals surface area contributed by atoms with Crippen molar-refractivity contribution < 1.29 is 4.79 Å². The zero-order valence-corrected chi connectivity index (χ0v) is 13.2. The number of likely N-dealkylation sites (tertiary alicyclic amines) is 1. The van der Waals surface area contributed by atoms with E-state index in [4.69, 9.17) is 0 Å². The maximum atomic E-state index is 12.8. The van der Waals surface area contributed by atoms with Gasteiger partial charge in [0.05, 0.1) is 0 Å². The number of benzene rings is 1. The number of hydrogen-bond acceptors (Lipinski definition) is 3. The first kappa shape index (κ1) is 15.5. The molecular weight excluding hydrogens is 290 g/mol. The Labute approximate surface area is 135 Å². The van der Waals surface area contributed by atoms with Gasteiger partial charge in [-0.05, 0) is 30.9 Å². The maximum absolute atomic E-state index is 12.8. The van der Waals surface area contributed by atoms with E-state index < -0.39 is 0 Å². The molecule has 5 nitrogen and oxygen atoms in total. The van der Waals surface area contributed by atoms with Crippen molar-refractivity contribution in [3.63, 3.8) is 0 Å². The first-order valence-corrected chi connectivity index (χ1v) is 8.12. The molecule has 1 aromatic carbocycles. The molecule has 2 aromatic rings. The van der Waals surface area contributed by atoms with Gasteiger partial charge >= 0.3 is 0 Å². The minimum atomic E-state index is -0.296. The number of H-pyrrole nitrogens is 1. The van der Waals surface area contributed by atoms with Crippen LogP contribution >= 0.6 is 0 Å². The quantitative estimate of drug-likeness (QED) is 0.943. The third-order valence-electron chi connectivity index (χ3n) is 4.59. The Morgan fingerprint density at radius 1 is 1.30 bits per heavy atom. The minimum Gasteiger partial charge on any atom is -0.334 e. The first-order chi connectivity index (χ1) is 11.2. The fourth-order valence-corrected chi connectivity index (χ4v) is 3.50. The summed E-state index contributed by atoms with van der Waals surface area (Å²) in [6.45, 7) is 2.91. The molecule has 0 saturated carbocycles. The van der Waals surface area contributed by atoms with Gasteiger partial charge in [0, 0.05) is 24.6 Å². The molecule has 1 aliphatic heterocycles. The van der Waals surface area contributed by atoms with Crippen LogP contribution in [0.15, 0.2) is 47.3 Å². The summed E-state index contributed by atoms with van der Waals surface area (Å²) in [5, 5.41) is 6.23. The van der Waals surface area contributed by atoms with E-state index in [2.05, 4.69) is 29.3 Å². The van der Waals surface area contributed by atoms with Gasteiger partial charge in [-0.2, -0.15) is 5.10 Å². The number of hydrogen-bond donors (Lipinski definition) is 1. The van der Waals surface area contributed by atoms with Crippen LogP contribution in [0.4, 0.5) is 0 Å². The molecule has 0 bridgehead atoms. The third-order valence-corrected chi connectivity index (χ3v) is 4.59. The Morgan fingerprint density at radius 2 is 2.09 bits per heavy atom. The van der Waals surface area contributed by atoms with Crippen molar-refractivity contribution in [3.8, 4) is 0 Å². The lowest BCUT2D eigenvalue weighted by molar-refractivity contribution is 0.0707. The summed E-state index contributed by atoms with van der Waals surface area (Å²) in [7, 11) is 0. The number of amides is 1. The molecule has 1 amide bonds. The van der Waals surface area contributed by atoms with E-state index in [0.717, 1.165) is 25.8 Å². The van der Waals surface area contributed by atoms with E-state index in [9.17, 15) is 9.59 Å². The maximum Gasteiger partial charge on any atom is 0.274 e. The van der Waals surface area contributed by atoms with Crippen molar-refractivity contribution in [1.29, 1.82) is 0 Å². The molecule has 1 N–H and O–H groups in total. The molecule has 2 atom stereocenters. The summed E-state index contributed by atoms with van der Waals surface area (Å²) in [6.07, 6.45) is 2.99. The number of carbonyl (C=O) groups excluding carboxylic acids is 1. The highest BCUT2D eigenvalue weighted by atomic mass is 16.2. The van der Waals surface area contributed by atoms with Crippen molar-refractivity contribution >= 4 is 5.91 Å². The largest absolute Gasteiger partial charge is 0.334 e. The summed E-state index contributed by atoms with van der Waals surface area (Å²) >= 11 is 0. The molecule has 1 fully saturated rings. The zero-order valence-electron chi connectivity index (χ0n) is 13.2. The summed E-state index contributed by atoms with van der Waals surface area (Å²) < 4.78 is 0. The molecule has 2 heterocycles. The van der Waals surface area contributed by atoms with Crippen LogP contribution in [0, 0.1) is 0 Å². The average molecular weight is 311 g/mol. The van der Waals surface area contributed by atoms with Crippen LogP contribution in [0.25, 0.3) is 0 Å². The Hall–Kier alpha value is -2.43. The molecule has 5 heteroatoms. The highest BCUT2D eigenvalue weighted by molar-refractivity contribution is 5.92. The predicted molar refractivity (Wildman–Crippen MR) is 88.4 cm³/mol. The van der Waals surface area contributed by atoms with Crippen molar-refractivity contribution in [2.75, 3.05) is 6.54 Å². The summed E-state index contributed by atoms with van der Waals surface area (Å²) in [5.41, 5.74) is 1.28. The SMILES string of the molecule is CC[C@@H](c1ccccc1)[C@@H]1CCCN1C(=O)c1ccc(=O)[nH]n1. The highest BCUT2D eigenvalue weighted by Crippen LogP contribution is 2.34. The molecule has 0 radical (unpaired) electrons. The number of carbonyl (C=O) groups is 1. The van der Waals surface area contributed by atoms with Crippen LogP contribution < -0.4 is 5.56 Å². The molecule has 1 aromatic heterocycles. The van der Waals surface area contributed by atoms with Crippen LogP contribution in [-0.4, -0.2) is 33.6 Å². The topological polar surface area (TPSA) is 66.1 Å². The van der Waals surface area contributed by atoms with Crippen molar-refractivity contribution in [3.05, 3.63) is 64.1 Å². The monoisotopic (exact) mass is 311 g/mol. The minimum absolute atomic E-state index is 0.0990. The van der Waals surface area contributed by atoms with E-state index >= 15 is 0 Å². The van der Waals surface area contributed by atoms with Gasteiger partial charge in [-0.25, -0.2) is 5.10 Å².